The van der Waals surface area contributed by atoms with Crippen molar-refractivity contribution in [3.8, 4) is 0 Å². The maximum Gasteiger partial charge on any atom is 0.355 e. The number of nitrogens with one attached hydrogen (secondary N) is 2. The molecule has 1 aromatic heterocycles. The Hall–Kier alpha value is -2.91. The number of aliphatic hydroxyl groups is 1. The number of aromatic nitrogens is 1. The Morgan fingerprint density at radius 3 is 2.63 bits per heavy atom. The molecule has 0 aliphatic carbocycles. The molecule has 0 saturated carbocycles. The van der Waals surface area contributed by atoms with Gasteiger partial charge in [-0.15, -0.1) is 0 Å². The van der Waals surface area contributed by atoms with Crippen LogP contribution >= 0.6 is 11.6 Å². The van der Waals surface area contributed by atoms with Crippen LogP contribution in [-0.4, -0.2) is 33.5 Å². The summed E-state index contributed by atoms with van der Waals surface area (Å²) in [7, 11) is 0. The number of amides is 1. The maximum atomic E-state index is 12.2. The number of nitro groups is 1. The number of aromatic amines is 1. The van der Waals surface area contributed by atoms with Crippen LogP contribution in [-0.2, 0) is 9.53 Å². The summed E-state index contributed by atoms with van der Waals surface area (Å²) in [5.74, 6) is -1.52. The number of benzene rings is 1. The molecule has 10 heteroatoms. The number of rotatable bonds is 6. The molecule has 0 saturated heterocycles. The zero-order valence-corrected chi connectivity index (χ0v) is 15.6. The Labute approximate surface area is 159 Å². The van der Waals surface area contributed by atoms with E-state index >= 15 is 0 Å². The van der Waals surface area contributed by atoms with Gasteiger partial charge < -0.3 is 20.1 Å². The molecule has 1 atom stereocenters. The van der Waals surface area contributed by atoms with Crippen molar-refractivity contribution in [2.75, 3.05) is 11.9 Å². The number of esters is 1. The lowest BCUT2D eigenvalue weighted by molar-refractivity contribution is -0.383. The first-order valence-electron chi connectivity index (χ1n) is 7.89. The number of carbonyl (C=O) groups excluding carboxylic acids is 2. The molecule has 0 bridgehead atoms. The molecular weight excluding hydrogens is 378 g/mol. The van der Waals surface area contributed by atoms with Crippen LogP contribution in [0.5, 0.6) is 0 Å². The number of aliphatic hydroxyl groups excluding tert-OH is 1. The Kier molecular flexibility index (Phi) is 6.19. The van der Waals surface area contributed by atoms with Crippen LogP contribution in [0.25, 0.3) is 0 Å². The highest BCUT2D eigenvalue weighted by Crippen LogP contribution is 2.28. The van der Waals surface area contributed by atoms with Crippen LogP contribution < -0.4 is 5.32 Å². The number of nitrogens with zero attached hydrogens (tertiary/aromatic N) is 1. The van der Waals surface area contributed by atoms with E-state index < -0.39 is 29.5 Å². The van der Waals surface area contributed by atoms with Gasteiger partial charge in [0.1, 0.15) is 11.4 Å². The second-order valence-corrected chi connectivity index (χ2v) is 6.32. The van der Waals surface area contributed by atoms with E-state index in [-0.39, 0.29) is 22.1 Å². The molecular formula is C17H18ClN3O6. The number of carbonyl (C=O) groups is 2. The molecule has 27 heavy (non-hydrogen) atoms. The lowest BCUT2D eigenvalue weighted by Crippen LogP contribution is -2.21. The minimum atomic E-state index is -0.775. The summed E-state index contributed by atoms with van der Waals surface area (Å²) in [6, 6.07) is 3.78. The predicted octanol–water partition coefficient (Wildman–Crippen LogP) is 3.04. The minimum Gasteiger partial charge on any atom is -0.451 e. The molecule has 2 aromatic rings. The van der Waals surface area contributed by atoms with Gasteiger partial charge in [0.2, 0.25) is 0 Å². The van der Waals surface area contributed by atoms with Gasteiger partial charge >= 0.3 is 5.97 Å². The molecule has 1 aromatic carbocycles. The SMILES string of the molecule is Cc1[nH]c(C(=O)OCC(=O)Nc2ccc(Cl)cc2[N+](=O)[O-])c(C)c1[C@H](C)O. The lowest BCUT2D eigenvalue weighted by atomic mass is 10.1. The van der Waals surface area contributed by atoms with Gasteiger partial charge in [0.05, 0.1) is 11.0 Å². The van der Waals surface area contributed by atoms with E-state index in [0.29, 0.717) is 16.8 Å². The number of anilines is 1. The van der Waals surface area contributed by atoms with Crippen LogP contribution in [0.1, 0.15) is 40.3 Å². The smallest absolute Gasteiger partial charge is 0.355 e. The van der Waals surface area contributed by atoms with Crippen molar-refractivity contribution in [1.82, 2.24) is 4.98 Å². The molecule has 0 unspecified atom stereocenters. The summed E-state index contributed by atoms with van der Waals surface area (Å²) in [4.78, 5) is 37.3. The van der Waals surface area contributed by atoms with E-state index in [1.54, 1.807) is 20.8 Å². The molecule has 9 nitrogen and oxygen atoms in total. The van der Waals surface area contributed by atoms with E-state index in [1.807, 2.05) is 0 Å². The van der Waals surface area contributed by atoms with Crippen LogP contribution in [0.4, 0.5) is 11.4 Å². The van der Waals surface area contributed by atoms with Gasteiger partial charge in [-0.25, -0.2) is 4.79 Å². The minimum absolute atomic E-state index is 0.0614. The summed E-state index contributed by atoms with van der Waals surface area (Å²) >= 11 is 5.71. The number of aryl methyl sites for hydroxylation is 1. The van der Waals surface area contributed by atoms with E-state index in [0.717, 1.165) is 6.07 Å². The van der Waals surface area contributed by atoms with Gasteiger partial charge in [-0.05, 0) is 38.5 Å². The first kappa shape index (κ1) is 20.4. The first-order valence-corrected chi connectivity index (χ1v) is 8.27. The maximum absolute atomic E-state index is 12.2. The molecule has 1 heterocycles. The van der Waals surface area contributed by atoms with Crippen molar-refractivity contribution in [2.45, 2.75) is 26.9 Å². The molecule has 2 rings (SSSR count). The lowest BCUT2D eigenvalue weighted by Gasteiger charge is -2.08. The average Bonchev–Trinajstić information content (AvgIpc) is 2.88. The number of nitro benzene ring substituents is 1. The van der Waals surface area contributed by atoms with Crippen LogP contribution in [0.3, 0.4) is 0 Å². The fourth-order valence-corrected chi connectivity index (χ4v) is 2.91. The Morgan fingerprint density at radius 1 is 1.41 bits per heavy atom. The number of ether oxygens (including phenoxy) is 1. The van der Waals surface area contributed by atoms with E-state index in [9.17, 15) is 24.8 Å². The first-order chi connectivity index (χ1) is 12.6. The quantitative estimate of drug-likeness (QED) is 0.391. The van der Waals surface area contributed by atoms with Crippen LogP contribution in [0.2, 0.25) is 5.02 Å². The third-order valence-corrected chi connectivity index (χ3v) is 4.12. The third kappa shape index (κ3) is 4.63. The number of halogens is 1. The Bertz CT molecular complexity index is 906. The van der Waals surface area contributed by atoms with E-state index in [2.05, 4.69) is 10.3 Å². The second-order valence-electron chi connectivity index (χ2n) is 5.88. The van der Waals surface area contributed by atoms with E-state index in [4.69, 9.17) is 16.3 Å². The largest absolute Gasteiger partial charge is 0.451 e. The molecule has 0 spiro atoms. The number of H-pyrrole nitrogens is 1. The average molecular weight is 396 g/mol. The monoisotopic (exact) mass is 395 g/mol. The van der Waals surface area contributed by atoms with Crippen molar-refractivity contribution in [3.63, 3.8) is 0 Å². The van der Waals surface area contributed by atoms with Gasteiger partial charge in [-0.3, -0.25) is 14.9 Å². The molecule has 0 fully saturated rings. The van der Waals surface area contributed by atoms with E-state index in [1.165, 1.54) is 12.1 Å². The Balaban J connectivity index is 2.06. The van der Waals surface area contributed by atoms with Gasteiger partial charge in [0, 0.05) is 22.3 Å². The van der Waals surface area contributed by atoms with Crippen molar-refractivity contribution < 1.29 is 24.4 Å². The highest BCUT2D eigenvalue weighted by atomic mass is 35.5. The standard InChI is InChI=1S/C17H18ClN3O6/c1-8-15(10(3)22)9(2)19-16(8)17(24)27-7-14(23)20-12-5-4-11(18)6-13(12)21(25)26/h4-6,10,19,22H,7H2,1-3H3,(H,20,23)/t10-/m0/s1. The second kappa shape index (κ2) is 8.19. The van der Waals surface area contributed by atoms with Crippen LogP contribution in [0, 0.1) is 24.0 Å². The summed E-state index contributed by atoms with van der Waals surface area (Å²) in [5, 5.41) is 23.2. The fourth-order valence-electron chi connectivity index (χ4n) is 2.75. The van der Waals surface area contributed by atoms with Crippen LogP contribution in [0.15, 0.2) is 18.2 Å². The molecule has 0 radical (unpaired) electrons. The zero-order chi connectivity index (χ0) is 20.3. The van der Waals surface area contributed by atoms with Crippen molar-refractivity contribution in [3.05, 3.63) is 55.9 Å². The predicted molar refractivity (Wildman–Crippen MR) is 97.9 cm³/mol. The zero-order valence-electron chi connectivity index (χ0n) is 14.8. The molecule has 0 aliphatic heterocycles. The summed E-state index contributed by atoms with van der Waals surface area (Å²) in [5.41, 5.74) is 1.43. The van der Waals surface area contributed by atoms with Gasteiger partial charge in [0.15, 0.2) is 6.61 Å². The van der Waals surface area contributed by atoms with Gasteiger partial charge in [-0.2, -0.15) is 0 Å². The van der Waals surface area contributed by atoms with Gasteiger partial charge in [0.25, 0.3) is 11.6 Å². The molecule has 0 aliphatic rings. The van der Waals surface area contributed by atoms with Crippen molar-refractivity contribution in [1.29, 1.82) is 0 Å². The topological polar surface area (TPSA) is 135 Å². The molecule has 144 valence electrons. The highest BCUT2D eigenvalue weighted by molar-refractivity contribution is 6.31. The van der Waals surface area contributed by atoms with Crippen molar-refractivity contribution >= 4 is 34.9 Å². The van der Waals surface area contributed by atoms with Crippen molar-refractivity contribution in [2.24, 2.45) is 0 Å². The van der Waals surface area contributed by atoms with Gasteiger partial charge in [-0.1, -0.05) is 11.6 Å². The number of hydrogen-bond donors (Lipinski definition) is 3. The summed E-state index contributed by atoms with van der Waals surface area (Å²) in [6.07, 6.45) is -0.767. The fraction of sp³-hybridized carbons (Fsp3) is 0.294. The summed E-state index contributed by atoms with van der Waals surface area (Å²) < 4.78 is 4.96. The normalized spacial score (nSPS) is 11.7. The molecule has 3 N–H and O–H groups in total. The Morgan fingerprint density at radius 2 is 2.07 bits per heavy atom. The molecule has 1 amide bonds. The highest BCUT2D eigenvalue weighted by Gasteiger charge is 2.22. The number of hydrogen-bond acceptors (Lipinski definition) is 6. The third-order valence-electron chi connectivity index (χ3n) is 3.88. The summed E-state index contributed by atoms with van der Waals surface area (Å²) in [6.45, 7) is 4.29.